The van der Waals surface area contributed by atoms with Crippen LogP contribution in [0.25, 0.3) is 0 Å². The number of halogens is 2. The summed E-state index contributed by atoms with van der Waals surface area (Å²) in [5.74, 6) is 0.270. The molecule has 0 aromatic heterocycles. The van der Waals surface area contributed by atoms with Crippen LogP contribution in [0.15, 0.2) is 18.2 Å². The average Bonchev–Trinajstić information content (AvgIpc) is 2.29. The molecular formula is C11H14Cl2N2O2S. The van der Waals surface area contributed by atoms with Crippen LogP contribution in [0.2, 0.25) is 10.0 Å². The number of hydrogen-bond acceptors (Lipinski definition) is 3. The summed E-state index contributed by atoms with van der Waals surface area (Å²) in [5, 5.41) is 6.30. The van der Waals surface area contributed by atoms with Crippen LogP contribution >= 0.6 is 23.2 Å². The lowest BCUT2D eigenvalue weighted by Crippen LogP contribution is -2.30. The highest BCUT2D eigenvalue weighted by atomic mass is 35.5. The zero-order valence-corrected chi connectivity index (χ0v) is 12.2. The van der Waals surface area contributed by atoms with Gasteiger partial charge in [-0.25, -0.2) is 0 Å². The van der Waals surface area contributed by atoms with Gasteiger partial charge in [0.1, 0.15) is 0 Å². The zero-order chi connectivity index (χ0) is 13.5. The molecule has 7 heteroatoms. The molecular weight excluding hydrogens is 295 g/mol. The lowest BCUT2D eigenvalue weighted by molar-refractivity contribution is -0.115. The Balaban J connectivity index is 2.43. The van der Waals surface area contributed by atoms with E-state index in [0.29, 0.717) is 28.0 Å². The van der Waals surface area contributed by atoms with E-state index in [1.807, 2.05) is 0 Å². The normalized spacial score (nSPS) is 12.2. The molecule has 0 saturated carbocycles. The third kappa shape index (κ3) is 5.35. The van der Waals surface area contributed by atoms with Crippen molar-refractivity contribution in [1.82, 2.24) is 5.32 Å². The van der Waals surface area contributed by atoms with Gasteiger partial charge < -0.3 is 10.6 Å². The number of amides is 1. The molecule has 0 aliphatic rings. The van der Waals surface area contributed by atoms with Crippen LogP contribution in [-0.4, -0.2) is 35.2 Å². The first-order valence-electron chi connectivity index (χ1n) is 5.25. The Kier molecular flexibility index (Phi) is 6.63. The highest BCUT2D eigenvalue weighted by molar-refractivity contribution is 7.84. The minimum atomic E-state index is -0.862. The van der Waals surface area contributed by atoms with Gasteiger partial charge in [0.05, 0.1) is 22.3 Å². The Morgan fingerprint density at radius 1 is 1.33 bits per heavy atom. The molecule has 0 fully saturated rings. The number of carbonyl (C=O) groups is 1. The first kappa shape index (κ1) is 15.4. The predicted octanol–water partition coefficient (Wildman–Crippen LogP) is 1.90. The molecule has 0 aliphatic carbocycles. The molecule has 18 heavy (non-hydrogen) atoms. The second-order valence-corrected chi connectivity index (χ2v) is 5.97. The molecule has 1 rings (SSSR count). The van der Waals surface area contributed by atoms with Crippen molar-refractivity contribution in [2.24, 2.45) is 0 Å². The largest absolute Gasteiger partial charge is 0.322 e. The van der Waals surface area contributed by atoms with Crippen molar-refractivity contribution in [3.05, 3.63) is 28.2 Å². The van der Waals surface area contributed by atoms with Gasteiger partial charge in [-0.3, -0.25) is 9.00 Å². The summed E-state index contributed by atoms with van der Waals surface area (Å²) in [6, 6.07) is 5.00. The van der Waals surface area contributed by atoms with E-state index in [4.69, 9.17) is 23.2 Å². The third-order valence-corrected chi connectivity index (χ3v) is 3.49. The molecule has 1 aromatic rings. The van der Waals surface area contributed by atoms with Crippen LogP contribution in [0.4, 0.5) is 5.69 Å². The molecule has 1 aromatic carbocycles. The van der Waals surface area contributed by atoms with Crippen molar-refractivity contribution in [3.63, 3.8) is 0 Å². The maximum atomic E-state index is 11.6. The van der Waals surface area contributed by atoms with Crippen molar-refractivity contribution in [2.75, 3.05) is 30.4 Å². The van der Waals surface area contributed by atoms with E-state index in [1.54, 1.807) is 24.5 Å². The first-order chi connectivity index (χ1) is 8.50. The molecule has 0 bridgehead atoms. The fraction of sp³-hybridized carbons (Fsp3) is 0.364. The Bertz CT molecular complexity index is 434. The summed E-state index contributed by atoms with van der Waals surface area (Å²) in [5.41, 5.74) is 0.409. The Labute approximate surface area is 118 Å². The van der Waals surface area contributed by atoms with Crippen molar-refractivity contribution in [3.8, 4) is 0 Å². The summed E-state index contributed by atoms with van der Waals surface area (Å²) in [4.78, 5) is 11.6. The number of para-hydroxylation sites is 1. The van der Waals surface area contributed by atoms with Gasteiger partial charge in [-0.2, -0.15) is 0 Å². The van der Waals surface area contributed by atoms with Gasteiger partial charge in [-0.05, 0) is 12.1 Å². The summed E-state index contributed by atoms with van der Waals surface area (Å²) >= 11 is 11.8. The van der Waals surface area contributed by atoms with Crippen molar-refractivity contribution in [2.45, 2.75) is 0 Å². The van der Waals surface area contributed by atoms with Crippen LogP contribution in [0, 0.1) is 0 Å². The predicted molar refractivity (Wildman–Crippen MR) is 76.9 cm³/mol. The van der Waals surface area contributed by atoms with Crippen LogP contribution in [-0.2, 0) is 15.6 Å². The first-order valence-corrected chi connectivity index (χ1v) is 7.73. The molecule has 0 spiro atoms. The van der Waals surface area contributed by atoms with Gasteiger partial charge in [0, 0.05) is 29.4 Å². The summed E-state index contributed by atoms with van der Waals surface area (Å²) in [6.45, 7) is 0.644. The number of nitrogens with one attached hydrogen (secondary N) is 2. The van der Waals surface area contributed by atoms with Gasteiger partial charge >= 0.3 is 0 Å². The van der Waals surface area contributed by atoms with Crippen LogP contribution in [0.3, 0.4) is 0 Å². The SMILES string of the molecule is CS(=O)CCNCC(=O)Nc1c(Cl)cccc1Cl. The van der Waals surface area contributed by atoms with E-state index in [9.17, 15) is 9.00 Å². The van der Waals surface area contributed by atoms with Gasteiger partial charge in [-0.15, -0.1) is 0 Å². The Morgan fingerprint density at radius 2 is 1.94 bits per heavy atom. The molecule has 0 aliphatic heterocycles. The van der Waals surface area contributed by atoms with E-state index in [2.05, 4.69) is 10.6 Å². The lowest BCUT2D eigenvalue weighted by Gasteiger charge is -2.09. The van der Waals surface area contributed by atoms with Crippen LogP contribution in [0.5, 0.6) is 0 Å². The standard InChI is InChI=1S/C11H14Cl2N2O2S/c1-18(17)6-5-14-7-10(16)15-11-8(12)3-2-4-9(11)13/h2-4,14H,5-7H2,1H3,(H,15,16). The molecule has 100 valence electrons. The molecule has 4 nitrogen and oxygen atoms in total. The number of hydrogen-bond donors (Lipinski definition) is 2. The molecule has 0 heterocycles. The Hall–Kier alpha value is -0.620. The number of carbonyl (C=O) groups excluding carboxylic acids is 1. The minimum absolute atomic E-state index is 0.124. The number of anilines is 1. The fourth-order valence-electron chi connectivity index (χ4n) is 1.22. The molecule has 1 unspecified atom stereocenters. The smallest absolute Gasteiger partial charge is 0.238 e. The maximum Gasteiger partial charge on any atom is 0.238 e. The average molecular weight is 309 g/mol. The van der Waals surface area contributed by atoms with Crippen molar-refractivity contribution >= 4 is 45.6 Å². The highest BCUT2D eigenvalue weighted by Gasteiger charge is 2.08. The molecule has 0 saturated heterocycles. The summed E-state index contributed by atoms with van der Waals surface area (Å²) < 4.78 is 10.8. The van der Waals surface area contributed by atoms with Gasteiger partial charge in [-0.1, -0.05) is 29.3 Å². The number of benzene rings is 1. The van der Waals surface area contributed by atoms with Crippen LogP contribution < -0.4 is 10.6 Å². The van der Waals surface area contributed by atoms with Crippen molar-refractivity contribution in [1.29, 1.82) is 0 Å². The molecule has 2 N–H and O–H groups in total. The van der Waals surface area contributed by atoms with E-state index in [-0.39, 0.29) is 12.5 Å². The van der Waals surface area contributed by atoms with E-state index < -0.39 is 10.8 Å². The molecule has 1 atom stereocenters. The second-order valence-electron chi connectivity index (χ2n) is 3.60. The van der Waals surface area contributed by atoms with Gasteiger partial charge in [0.2, 0.25) is 5.91 Å². The lowest BCUT2D eigenvalue weighted by atomic mass is 10.3. The summed E-state index contributed by atoms with van der Waals surface area (Å²) in [6.07, 6.45) is 1.62. The van der Waals surface area contributed by atoms with E-state index in [0.717, 1.165) is 0 Å². The maximum absolute atomic E-state index is 11.6. The Morgan fingerprint density at radius 3 is 2.50 bits per heavy atom. The van der Waals surface area contributed by atoms with Gasteiger partial charge in [0.25, 0.3) is 0 Å². The topological polar surface area (TPSA) is 58.2 Å². The fourth-order valence-corrected chi connectivity index (χ4v) is 2.14. The highest BCUT2D eigenvalue weighted by Crippen LogP contribution is 2.29. The zero-order valence-electron chi connectivity index (χ0n) is 9.83. The monoisotopic (exact) mass is 308 g/mol. The molecule has 0 radical (unpaired) electrons. The quantitative estimate of drug-likeness (QED) is 0.789. The van der Waals surface area contributed by atoms with E-state index >= 15 is 0 Å². The van der Waals surface area contributed by atoms with Crippen molar-refractivity contribution < 1.29 is 9.00 Å². The van der Waals surface area contributed by atoms with E-state index in [1.165, 1.54) is 0 Å². The minimum Gasteiger partial charge on any atom is -0.322 e. The summed E-state index contributed by atoms with van der Waals surface area (Å²) in [7, 11) is -0.862. The number of rotatable bonds is 6. The second kappa shape index (κ2) is 7.74. The third-order valence-electron chi connectivity index (χ3n) is 2.08. The van der Waals surface area contributed by atoms with Gasteiger partial charge in [0.15, 0.2) is 0 Å². The van der Waals surface area contributed by atoms with Crippen LogP contribution in [0.1, 0.15) is 0 Å². The molecule has 1 amide bonds.